The number of aliphatic hydroxyl groups is 1. The minimum atomic E-state index is -4.81. The number of benzene rings is 1. The van der Waals surface area contributed by atoms with Crippen molar-refractivity contribution in [2.75, 3.05) is 0 Å². The van der Waals surface area contributed by atoms with Crippen molar-refractivity contribution in [3.8, 4) is 0 Å². The number of hydrogen-bond donors (Lipinski definition) is 1. The number of nitrogens with zero attached hydrogens (tertiary/aromatic N) is 1. The van der Waals surface area contributed by atoms with E-state index >= 15 is 0 Å². The van der Waals surface area contributed by atoms with E-state index in [9.17, 15) is 18.3 Å². The fourth-order valence-electron chi connectivity index (χ4n) is 3.26. The molecule has 1 unspecified atom stereocenters. The highest BCUT2D eigenvalue weighted by Crippen LogP contribution is 2.50. The van der Waals surface area contributed by atoms with E-state index in [1.54, 1.807) is 42.6 Å². The molecule has 6 heteroatoms. The zero-order valence-electron chi connectivity index (χ0n) is 12.1. The molecule has 1 aliphatic heterocycles. The van der Waals surface area contributed by atoms with Gasteiger partial charge in [0.05, 0.1) is 11.2 Å². The normalized spacial score (nSPS) is 20.8. The van der Waals surface area contributed by atoms with Gasteiger partial charge in [0.15, 0.2) is 0 Å². The van der Waals surface area contributed by atoms with Crippen LogP contribution in [-0.2, 0) is 5.72 Å². The van der Waals surface area contributed by atoms with Crippen LogP contribution in [0.4, 0.5) is 13.2 Å². The minimum absolute atomic E-state index is 0.376. The molecule has 0 saturated carbocycles. The third kappa shape index (κ3) is 1.79. The van der Waals surface area contributed by atoms with Crippen LogP contribution in [0.15, 0.2) is 47.2 Å². The number of thiophene rings is 1. The van der Waals surface area contributed by atoms with Crippen LogP contribution in [-0.4, -0.2) is 15.8 Å². The van der Waals surface area contributed by atoms with Crippen molar-refractivity contribution >= 4 is 27.8 Å². The number of fused-ring (bicyclic) bond motifs is 3. The zero-order valence-corrected chi connectivity index (χ0v) is 12.9. The summed E-state index contributed by atoms with van der Waals surface area (Å²) in [6, 6.07) is 8.60. The molecule has 4 rings (SSSR count). The van der Waals surface area contributed by atoms with Crippen LogP contribution in [0.5, 0.6) is 0 Å². The maximum absolute atomic E-state index is 13.7. The summed E-state index contributed by atoms with van der Waals surface area (Å²) in [4.78, 5) is 0. The Morgan fingerprint density at radius 3 is 2.57 bits per heavy atom. The summed E-state index contributed by atoms with van der Waals surface area (Å²) in [7, 11) is 0. The predicted octanol–water partition coefficient (Wildman–Crippen LogP) is 4.66. The van der Waals surface area contributed by atoms with Crippen LogP contribution >= 0.6 is 11.3 Å². The fourth-order valence-corrected chi connectivity index (χ4v) is 3.91. The number of alkyl halides is 3. The topological polar surface area (TPSA) is 25.2 Å². The molecule has 0 aliphatic carbocycles. The molecule has 0 fully saturated rings. The molecule has 3 aromatic rings. The van der Waals surface area contributed by atoms with E-state index in [0.29, 0.717) is 27.7 Å². The van der Waals surface area contributed by atoms with E-state index in [0.717, 1.165) is 16.2 Å². The Morgan fingerprint density at radius 1 is 1.17 bits per heavy atom. The molecule has 0 radical (unpaired) electrons. The lowest BCUT2D eigenvalue weighted by Gasteiger charge is -2.27. The Labute approximate surface area is 134 Å². The van der Waals surface area contributed by atoms with Gasteiger partial charge in [0.2, 0.25) is 0 Å². The van der Waals surface area contributed by atoms with Crippen molar-refractivity contribution in [2.45, 2.75) is 18.8 Å². The van der Waals surface area contributed by atoms with Crippen molar-refractivity contribution in [3.05, 3.63) is 64.0 Å². The molecule has 0 bridgehead atoms. The Hall–Kier alpha value is -2.05. The molecule has 23 heavy (non-hydrogen) atoms. The van der Waals surface area contributed by atoms with Crippen LogP contribution in [0.1, 0.15) is 16.8 Å². The van der Waals surface area contributed by atoms with Crippen LogP contribution in [0.25, 0.3) is 16.5 Å². The standard InChI is InChI=1S/C17H12F3NOS/c1-10-12-4-2-3-5-14(12)21-15(10)13(11-6-7-23-9-11)8-16(21,22)17(18,19)20/h2-9,22H,1H3. The van der Waals surface area contributed by atoms with Gasteiger partial charge in [-0.15, -0.1) is 0 Å². The van der Waals surface area contributed by atoms with E-state index in [1.165, 1.54) is 11.3 Å². The summed E-state index contributed by atoms with van der Waals surface area (Å²) in [5.41, 5.74) is -0.404. The summed E-state index contributed by atoms with van der Waals surface area (Å²) in [6.45, 7) is 1.79. The van der Waals surface area contributed by atoms with E-state index in [1.807, 2.05) is 5.38 Å². The second kappa shape index (κ2) is 4.49. The Kier molecular flexibility index (Phi) is 2.84. The molecular weight excluding hydrogens is 323 g/mol. The molecule has 1 aliphatic rings. The highest BCUT2D eigenvalue weighted by Gasteiger charge is 2.58. The number of aryl methyl sites for hydroxylation is 1. The van der Waals surface area contributed by atoms with Gasteiger partial charge >= 0.3 is 6.18 Å². The quantitative estimate of drug-likeness (QED) is 0.687. The lowest BCUT2D eigenvalue weighted by atomic mass is 10.0. The van der Waals surface area contributed by atoms with Gasteiger partial charge in [-0.2, -0.15) is 24.5 Å². The molecule has 3 heterocycles. The summed E-state index contributed by atoms with van der Waals surface area (Å²) in [5.74, 6) is 0. The largest absolute Gasteiger partial charge is 0.441 e. The molecule has 2 nitrogen and oxygen atoms in total. The van der Waals surface area contributed by atoms with Gasteiger partial charge in [0.1, 0.15) is 0 Å². The van der Waals surface area contributed by atoms with Gasteiger partial charge in [-0.3, -0.25) is 0 Å². The number of aromatic nitrogens is 1. The Balaban J connectivity index is 2.14. The summed E-state index contributed by atoms with van der Waals surface area (Å²) in [6.07, 6.45) is -3.89. The molecule has 0 saturated heterocycles. The highest BCUT2D eigenvalue weighted by atomic mass is 32.1. The fraction of sp³-hybridized carbons (Fsp3) is 0.176. The van der Waals surface area contributed by atoms with Crippen molar-refractivity contribution in [1.82, 2.24) is 4.57 Å². The first kappa shape index (κ1) is 14.5. The van der Waals surface area contributed by atoms with Crippen molar-refractivity contribution in [2.24, 2.45) is 0 Å². The average Bonchev–Trinajstić information content (AvgIpc) is 3.17. The molecule has 118 valence electrons. The number of para-hydroxylation sites is 1. The van der Waals surface area contributed by atoms with E-state index in [2.05, 4.69) is 0 Å². The molecular formula is C17H12F3NOS. The summed E-state index contributed by atoms with van der Waals surface area (Å²) < 4.78 is 42.0. The molecule has 1 aromatic carbocycles. The predicted molar refractivity (Wildman–Crippen MR) is 84.3 cm³/mol. The second-order valence-corrected chi connectivity index (χ2v) is 6.40. The Morgan fingerprint density at radius 2 is 1.91 bits per heavy atom. The molecule has 1 atom stereocenters. The molecule has 2 aromatic heterocycles. The first-order valence-corrected chi connectivity index (χ1v) is 7.94. The monoisotopic (exact) mass is 335 g/mol. The van der Waals surface area contributed by atoms with Crippen molar-refractivity contribution < 1.29 is 18.3 Å². The van der Waals surface area contributed by atoms with Gasteiger partial charge in [-0.05, 0) is 47.0 Å². The third-order valence-corrected chi connectivity index (χ3v) is 5.00. The van der Waals surface area contributed by atoms with E-state index in [-0.39, 0.29) is 0 Å². The average molecular weight is 335 g/mol. The number of hydrogen-bond acceptors (Lipinski definition) is 2. The van der Waals surface area contributed by atoms with E-state index in [4.69, 9.17) is 0 Å². The van der Waals surface area contributed by atoms with Crippen molar-refractivity contribution in [3.63, 3.8) is 0 Å². The maximum atomic E-state index is 13.7. The first-order chi connectivity index (χ1) is 10.8. The second-order valence-electron chi connectivity index (χ2n) is 5.62. The van der Waals surface area contributed by atoms with Crippen LogP contribution in [0.3, 0.4) is 0 Å². The van der Waals surface area contributed by atoms with Crippen LogP contribution in [0.2, 0.25) is 0 Å². The van der Waals surface area contributed by atoms with Gasteiger partial charge in [0, 0.05) is 11.0 Å². The van der Waals surface area contributed by atoms with Crippen molar-refractivity contribution in [1.29, 1.82) is 0 Å². The molecule has 1 N–H and O–H groups in total. The lowest BCUT2D eigenvalue weighted by Crippen LogP contribution is -2.44. The van der Waals surface area contributed by atoms with Crippen LogP contribution in [0, 0.1) is 6.92 Å². The minimum Gasteiger partial charge on any atom is -0.360 e. The SMILES string of the molecule is Cc1c2n(c3ccccc13)C(O)(C(F)(F)F)C=C2c1ccsc1. The van der Waals surface area contributed by atoms with Gasteiger partial charge in [-0.25, -0.2) is 0 Å². The first-order valence-electron chi connectivity index (χ1n) is 7.00. The lowest BCUT2D eigenvalue weighted by molar-refractivity contribution is -0.272. The number of halogens is 3. The smallest absolute Gasteiger partial charge is 0.360 e. The zero-order chi connectivity index (χ0) is 16.4. The maximum Gasteiger partial charge on any atom is 0.441 e. The van der Waals surface area contributed by atoms with Gasteiger partial charge in [0.25, 0.3) is 5.72 Å². The Bertz CT molecular complexity index is 937. The summed E-state index contributed by atoms with van der Waals surface area (Å²) >= 11 is 1.41. The van der Waals surface area contributed by atoms with E-state index < -0.39 is 11.9 Å². The third-order valence-electron chi connectivity index (χ3n) is 4.32. The molecule has 0 spiro atoms. The number of rotatable bonds is 1. The van der Waals surface area contributed by atoms with Gasteiger partial charge in [-0.1, -0.05) is 18.2 Å². The van der Waals surface area contributed by atoms with Crippen LogP contribution < -0.4 is 0 Å². The molecule has 0 amide bonds. The summed E-state index contributed by atoms with van der Waals surface area (Å²) in [5, 5.41) is 14.8. The highest BCUT2D eigenvalue weighted by molar-refractivity contribution is 7.08. The van der Waals surface area contributed by atoms with Gasteiger partial charge < -0.3 is 9.67 Å².